The summed E-state index contributed by atoms with van der Waals surface area (Å²) in [6, 6.07) is 2.71. The van der Waals surface area contributed by atoms with E-state index in [1.165, 1.54) is 32.1 Å². The molecule has 2 aliphatic carbocycles. The molecular formula is C13H17N3. The lowest BCUT2D eigenvalue weighted by atomic mass is 9.85. The van der Waals surface area contributed by atoms with E-state index < -0.39 is 0 Å². The molecule has 2 bridgehead atoms. The van der Waals surface area contributed by atoms with Crippen LogP contribution in [0.4, 0.5) is 0 Å². The number of aryl methyl sites for hydroxylation is 1. The number of hydrogen-bond donors (Lipinski definition) is 0. The second-order valence-corrected chi connectivity index (χ2v) is 5.42. The summed E-state index contributed by atoms with van der Waals surface area (Å²) in [6.07, 6.45) is 8.83. The van der Waals surface area contributed by atoms with Gasteiger partial charge in [0.15, 0.2) is 5.69 Å². The van der Waals surface area contributed by atoms with Crippen molar-refractivity contribution in [2.45, 2.75) is 45.1 Å². The van der Waals surface area contributed by atoms with Gasteiger partial charge >= 0.3 is 0 Å². The van der Waals surface area contributed by atoms with Crippen LogP contribution in [0.25, 0.3) is 0 Å². The summed E-state index contributed by atoms with van der Waals surface area (Å²) < 4.78 is 2.05. The zero-order valence-corrected chi connectivity index (χ0v) is 9.69. The van der Waals surface area contributed by atoms with Gasteiger partial charge in [0.25, 0.3) is 0 Å². The van der Waals surface area contributed by atoms with Gasteiger partial charge in [-0.2, -0.15) is 10.4 Å². The molecule has 3 heteroatoms. The first-order valence-electron chi connectivity index (χ1n) is 6.22. The number of nitriles is 1. The maximum absolute atomic E-state index is 8.92. The lowest BCUT2D eigenvalue weighted by Gasteiger charge is -2.27. The lowest BCUT2D eigenvalue weighted by molar-refractivity contribution is 0.247. The molecule has 0 spiro atoms. The normalized spacial score (nSPS) is 32.6. The average molecular weight is 215 g/mol. The number of hydrogen-bond acceptors (Lipinski definition) is 2. The van der Waals surface area contributed by atoms with Crippen LogP contribution in [0.2, 0.25) is 0 Å². The molecule has 1 aromatic rings. The van der Waals surface area contributed by atoms with Crippen LogP contribution in [0.3, 0.4) is 0 Å². The van der Waals surface area contributed by atoms with Crippen molar-refractivity contribution < 1.29 is 0 Å². The highest BCUT2D eigenvalue weighted by atomic mass is 15.3. The van der Waals surface area contributed by atoms with Crippen molar-refractivity contribution in [2.24, 2.45) is 11.8 Å². The van der Waals surface area contributed by atoms with Crippen molar-refractivity contribution in [3.05, 3.63) is 17.5 Å². The Balaban J connectivity index is 1.84. The van der Waals surface area contributed by atoms with E-state index in [4.69, 9.17) is 5.26 Å². The van der Waals surface area contributed by atoms with Gasteiger partial charge in [0.05, 0.1) is 6.04 Å². The Morgan fingerprint density at radius 2 is 2.00 bits per heavy atom. The zero-order chi connectivity index (χ0) is 11.1. The van der Waals surface area contributed by atoms with Crippen LogP contribution < -0.4 is 0 Å². The molecular weight excluding hydrogens is 198 g/mol. The van der Waals surface area contributed by atoms with Gasteiger partial charge in [-0.3, -0.25) is 4.68 Å². The second kappa shape index (κ2) is 3.62. The Hall–Kier alpha value is -1.30. The first-order chi connectivity index (χ1) is 7.76. The molecule has 1 aromatic heterocycles. The molecule has 0 saturated heterocycles. The summed E-state index contributed by atoms with van der Waals surface area (Å²) in [4.78, 5) is 0. The standard InChI is InChI=1S/C13H17N3/c1-9-8-16(15-13(9)7-14)12-5-10-2-3-11(4-10)6-12/h8,10-12H,2-6H2,1H3/t10-,11+,12+. The van der Waals surface area contributed by atoms with Crippen LogP contribution in [0.1, 0.15) is 49.4 Å². The van der Waals surface area contributed by atoms with E-state index in [2.05, 4.69) is 15.8 Å². The second-order valence-electron chi connectivity index (χ2n) is 5.42. The quantitative estimate of drug-likeness (QED) is 0.722. The molecule has 0 radical (unpaired) electrons. The van der Waals surface area contributed by atoms with Gasteiger partial charge in [-0.1, -0.05) is 12.8 Å². The summed E-state index contributed by atoms with van der Waals surface area (Å²) in [5.74, 6) is 1.83. The number of rotatable bonds is 1. The number of fused-ring (bicyclic) bond motifs is 2. The van der Waals surface area contributed by atoms with E-state index >= 15 is 0 Å². The van der Waals surface area contributed by atoms with Crippen LogP contribution in [0.15, 0.2) is 6.20 Å². The molecule has 1 heterocycles. The van der Waals surface area contributed by atoms with Gasteiger partial charge in [-0.05, 0) is 38.0 Å². The summed E-state index contributed by atoms with van der Waals surface area (Å²) in [7, 11) is 0. The van der Waals surface area contributed by atoms with E-state index in [1.807, 2.05) is 13.1 Å². The molecule has 3 rings (SSSR count). The third kappa shape index (κ3) is 1.53. The molecule has 16 heavy (non-hydrogen) atoms. The predicted molar refractivity (Wildman–Crippen MR) is 60.8 cm³/mol. The number of nitrogens with zero attached hydrogens (tertiary/aromatic N) is 3. The summed E-state index contributed by atoms with van der Waals surface area (Å²) >= 11 is 0. The Kier molecular flexibility index (Phi) is 2.24. The largest absolute Gasteiger partial charge is 0.268 e. The third-order valence-electron chi connectivity index (χ3n) is 4.26. The molecule has 0 aliphatic heterocycles. The Morgan fingerprint density at radius 3 is 2.56 bits per heavy atom. The van der Waals surface area contributed by atoms with Gasteiger partial charge in [-0.15, -0.1) is 0 Å². The summed E-state index contributed by atoms with van der Waals surface area (Å²) in [5, 5.41) is 13.3. The predicted octanol–water partition coefficient (Wildman–Crippen LogP) is 2.81. The number of aromatic nitrogens is 2. The maximum atomic E-state index is 8.92. The fraction of sp³-hybridized carbons (Fsp3) is 0.692. The Labute approximate surface area is 96.1 Å². The minimum atomic E-state index is 0.548. The van der Waals surface area contributed by atoms with E-state index in [9.17, 15) is 0 Å². The molecule has 2 fully saturated rings. The highest BCUT2D eigenvalue weighted by Crippen LogP contribution is 2.46. The lowest BCUT2D eigenvalue weighted by Crippen LogP contribution is -2.20. The molecule has 3 atom stereocenters. The molecule has 2 saturated carbocycles. The SMILES string of the molecule is Cc1cn([C@H]2C[C@@H]3CC[C@@H](C3)C2)nc1C#N. The van der Waals surface area contributed by atoms with Gasteiger partial charge in [0.1, 0.15) is 6.07 Å². The van der Waals surface area contributed by atoms with Gasteiger partial charge < -0.3 is 0 Å². The smallest absolute Gasteiger partial charge is 0.165 e. The average Bonchev–Trinajstić information content (AvgIpc) is 2.82. The van der Waals surface area contributed by atoms with Crippen molar-refractivity contribution in [3.63, 3.8) is 0 Å². The van der Waals surface area contributed by atoms with Crippen molar-refractivity contribution in [2.75, 3.05) is 0 Å². The third-order valence-corrected chi connectivity index (χ3v) is 4.26. The van der Waals surface area contributed by atoms with Crippen molar-refractivity contribution in [1.29, 1.82) is 5.26 Å². The molecule has 0 amide bonds. The molecule has 3 nitrogen and oxygen atoms in total. The fourth-order valence-corrected chi connectivity index (χ4v) is 3.47. The van der Waals surface area contributed by atoms with Crippen LogP contribution in [0.5, 0.6) is 0 Å². The first-order valence-corrected chi connectivity index (χ1v) is 6.22. The van der Waals surface area contributed by atoms with Crippen molar-refractivity contribution >= 4 is 0 Å². The van der Waals surface area contributed by atoms with Crippen molar-refractivity contribution in [1.82, 2.24) is 9.78 Å². The van der Waals surface area contributed by atoms with Crippen LogP contribution >= 0.6 is 0 Å². The van der Waals surface area contributed by atoms with E-state index in [-0.39, 0.29) is 0 Å². The molecule has 0 aromatic carbocycles. The van der Waals surface area contributed by atoms with E-state index in [0.717, 1.165) is 17.4 Å². The monoisotopic (exact) mass is 215 g/mol. The molecule has 0 N–H and O–H groups in total. The molecule has 84 valence electrons. The van der Waals surface area contributed by atoms with Gasteiger partial charge in [0, 0.05) is 11.8 Å². The van der Waals surface area contributed by atoms with Gasteiger partial charge in [-0.25, -0.2) is 0 Å². The molecule has 2 aliphatic rings. The van der Waals surface area contributed by atoms with E-state index in [1.54, 1.807) is 0 Å². The Bertz CT molecular complexity index is 429. The highest BCUT2D eigenvalue weighted by Gasteiger charge is 2.35. The van der Waals surface area contributed by atoms with Crippen LogP contribution in [-0.4, -0.2) is 9.78 Å². The highest BCUT2D eigenvalue weighted by molar-refractivity contribution is 5.27. The van der Waals surface area contributed by atoms with Crippen molar-refractivity contribution in [3.8, 4) is 6.07 Å². The minimum absolute atomic E-state index is 0.548. The van der Waals surface area contributed by atoms with E-state index in [0.29, 0.717) is 11.7 Å². The minimum Gasteiger partial charge on any atom is -0.268 e. The fourth-order valence-electron chi connectivity index (χ4n) is 3.47. The molecule has 0 unspecified atom stereocenters. The summed E-state index contributed by atoms with van der Waals surface area (Å²) in [5.41, 5.74) is 1.61. The van der Waals surface area contributed by atoms with Gasteiger partial charge in [0.2, 0.25) is 0 Å². The Morgan fingerprint density at radius 1 is 1.31 bits per heavy atom. The zero-order valence-electron chi connectivity index (χ0n) is 9.69. The topological polar surface area (TPSA) is 41.6 Å². The van der Waals surface area contributed by atoms with Crippen LogP contribution in [0, 0.1) is 30.1 Å². The van der Waals surface area contributed by atoms with Crippen LogP contribution in [-0.2, 0) is 0 Å². The maximum Gasteiger partial charge on any atom is 0.165 e. The first kappa shape index (κ1) is 9.89. The summed E-state index contributed by atoms with van der Waals surface area (Å²) in [6.45, 7) is 1.97.